The molecule has 3 nitrogen and oxygen atoms in total. The van der Waals surface area contributed by atoms with Crippen LogP contribution in [0.25, 0.3) is 0 Å². The molecular weight excluding hydrogens is 264 g/mol. The van der Waals surface area contributed by atoms with Crippen molar-refractivity contribution in [2.75, 3.05) is 7.11 Å². The summed E-state index contributed by atoms with van der Waals surface area (Å²) >= 11 is 0. The molecule has 0 aliphatic carbocycles. The number of aryl methyl sites for hydroxylation is 1. The van der Waals surface area contributed by atoms with Crippen LogP contribution in [0.2, 0.25) is 0 Å². The molecule has 0 unspecified atom stereocenters. The summed E-state index contributed by atoms with van der Waals surface area (Å²) in [7, 11) is 1.63. The van der Waals surface area contributed by atoms with Gasteiger partial charge in [-0.15, -0.1) is 0 Å². The number of benzene rings is 2. The number of rotatable bonds is 7. The third-order valence-corrected chi connectivity index (χ3v) is 3.25. The summed E-state index contributed by atoms with van der Waals surface area (Å²) in [6.45, 7) is 2.12. The van der Waals surface area contributed by atoms with E-state index in [1.807, 2.05) is 48.5 Å². The Kier molecular flexibility index (Phi) is 5.38. The van der Waals surface area contributed by atoms with Crippen molar-refractivity contribution in [1.82, 2.24) is 0 Å². The van der Waals surface area contributed by atoms with Crippen LogP contribution in [0, 0.1) is 0 Å². The van der Waals surface area contributed by atoms with Crippen LogP contribution in [-0.4, -0.2) is 12.9 Å². The van der Waals surface area contributed by atoms with Gasteiger partial charge in [0.05, 0.1) is 7.11 Å². The van der Waals surface area contributed by atoms with Gasteiger partial charge in [-0.2, -0.15) is 0 Å². The van der Waals surface area contributed by atoms with Crippen LogP contribution in [-0.2, 0) is 17.8 Å². The van der Waals surface area contributed by atoms with Gasteiger partial charge in [0.2, 0.25) is 0 Å². The van der Waals surface area contributed by atoms with Crippen LogP contribution in [0.1, 0.15) is 24.5 Å². The van der Waals surface area contributed by atoms with Crippen LogP contribution in [0.3, 0.4) is 0 Å². The summed E-state index contributed by atoms with van der Waals surface area (Å²) in [5.74, 6) is 1.76. The average Bonchev–Trinajstić information content (AvgIpc) is 2.52. The van der Waals surface area contributed by atoms with E-state index < -0.39 is 0 Å². The van der Waals surface area contributed by atoms with Crippen molar-refractivity contribution < 1.29 is 14.3 Å². The summed E-state index contributed by atoms with van der Waals surface area (Å²) in [6.07, 6.45) is 1.17. The molecule has 2 aromatic rings. The Morgan fingerprint density at radius 2 is 1.86 bits per heavy atom. The molecule has 0 radical (unpaired) electrons. The van der Waals surface area contributed by atoms with Gasteiger partial charge >= 0.3 is 0 Å². The Labute approximate surface area is 125 Å². The first kappa shape index (κ1) is 15.1. The molecule has 2 rings (SSSR count). The minimum absolute atomic E-state index is 0.173. The standard InChI is InChI=1S/C18H20O3/c1-14(19)8-9-16-12-17(20-2)10-11-18(16)21-13-15-6-4-3-5-7-15/h3-7,10-12H,8-9,13H2,1-2H3. The third-order valence-electron chi connectivity index (χ3n) is 3.25. The van der Waals surface area contributed by atoms with Crippen molar-refractivity contribution in [2.45, 2.75) is 26.4 Å². The first-order valence-electron chi connectivity index (χ1n) is 7.02. The number of hydrogen-bond donors (Lipinski definition) is 0. The van der Waals surface area contributed by atoms with Crippen molar-refractivity contribution in [3.05, 3.63) is 59.7 Å². The second kappa shape index (κ2) is 7.48. The monoisotopic (exact) mass is 284 g/mol. The van der Waals surface area contributed by atoms with Gasteiger partial charge in [0.15, 0.2) is 0 Å². The highest BCUT2D eigenvalue weighted by Crippen LogP contribution is 2.26. The predicted molar refractivity (Wildman–Crippen MR) is 82.8 cm³/mol. The van der Waals surface area contributed by atoms with Crippen molar-refractivity contribution >= 4 is 5.78 Å². The van der Waals surface area contributed by atoms with Crippen molar-refractivity contribution in [1.29, 1.82) is 0 Å². The summed E-state index contributed by atoms with van der Waals surface area (Å²) in [5, 5.41) is 0. The minimum Gasteiger partial charge on any atom is -0.497 e. The molecule has 0 atom stereocenters. The molecule has 21 heavy (non-hydrogen) atoms. The maximum atomic E-state index is 11.2. The lowest BCUT2D eigenvalue weighted by atomic mass is 10.1. The van der Waals surface area contributed by atoms with Crippen LogP contribution in [0.4, 0.5) is 0 Å². The largest absolute Gasteiger partial charge is 0.497 e. The van der Waals surface area contributed by atoms with Crippen LogP contribution in [0.5, 0.6) is 11.5 Å². The zero-order valence-corrected chi connectivity index (χ0v) is 12.5. The molecule has 0 heterocycles. The molecule has 0 aliphatic heterocycles. The van der Waals surface area contributed by atoms with Crippen LogP contribution < -0.4 is 9.47 Å². The Hall–Kier alpha value is -2.29. The fraction of sp³-hybridized carbons (Fsp3) is 0.278. The Balaban J connectivity index is 2.11. The van der Waals surface area contributed by atoms with E-state index in [0.717, 1.165) is 22.6 Å². The van der Waals surface area contributed by atoms with Crippen molar-refractivity contribution in [2.24, 2.45) is 0 Å². The highest BCUT2D eigenvalue weighted by Gasteiger charge is 2.07. The zero-order valence-electron chi connectivity index (χ0n) is 12.5. The summed E-state index contributed by atoms with van der Waals surface area (Å²) in [5.41, 5.74) is 2.12. The lowest BCUT2D eigenvalue weighted by Crippen LogP contribution is -2.01. The Bertz CT molecular complexity index is 591. The van der Waals surface area contributed by atoms with Crippen molar-refractivity contribution in [3.8, 4) is 11.5 Å². The van der Waals surface area contributed by atoms with Gasteiger partial charge < -0.3 is 14.3 Å². The maximum absolute atomic E-state index is 11.2. The minimum atomic E-state index is 0.173. The maximum Gasteiger partial charge on any atom is 0.130 e. The molecule has 3 heteroatoms. The van der Waals surface area contributed by atoms with E-state index in [4.69, 9.17) is 9.47 Å². The molecule has 2 aromatic carbocycles. The van der Waals surface area contributed by atoms with E-state index in [-0.39, 0.29) is 5.78 Å². The number of methoxy groups -OCH3 is 1. The average molecular weight is 284 g/mol. The summed E-state index contributed by atoms with van der Waals surface area (Å²) in [4.78, 5) is 11.2. The quantitative estimate of drug-likeness (QED) is 0.776. The molecule has 0 aromatic heterocycles. The third kappa shape index (κ3) is 4.63. The number of hydrogen-bond acceptors (Lipinski definition) is 3. The number of Topliss-reactive ketones (excluding diaryl/α,β-unsaturated/α-hetero) is 1. The van der Waals surface area contributed by atoms with E-state index in [2.05, 4.69) is 0 Å². The highest BCUT2D eigenvalue weighted by molar-refractivity contribution is 5.75. The normalized spacial score (nSPS) is 10.2. The molecule has 0 aliphatic rings. The van der Waals surface area contributed by atoms with E-state index in [9.17, 15) is 4.79 Å². The van der Waals surface area contributed by atoms with E-state index in [1.165, 1.54) is 0 Å². The van der Waals surface area contributed by atoms with Gasteiger partial charge in [0, 0.05) is 6.42 Å². The molecule has 110 valence electrons. The molecule has 0 spiro atoms. The van der Waals surface area contributed by atoms with E-state index >= 15 is 0 Å². The Morgan fingerprint density at radius 1 is 1.10 bits per heavy atom. The fourth-order valence-electron chi connectivity index (χ4n) is 2.06. The summed E-state index contributed by atoms with van der Waals surface area (Å²) in [6, 6.07) is 15.7. The summed E-state index contributed by atoms with van der Waals surface area (Å²) < 4.78 is 11.1. The molecule has 0 saturated carbocycles. The molecular formula is C18H20O3. The van der Waals surface area contributed by atoms with Gasteiger partial charge in [-0.05, 0) is 42.7 Å². The van der Waals surface area contributed by atoms with Gasteiger partial charge in [-0.3, -0.25) is 0 Å². The molecule has 0 saturated heterocycles. The van der Waals surface area contributed by atoms with Gasteiger partial charge in [0.1, 0.15) is 23.9 Å². The lowest BCUT2D eigenvalue weighted by molar-refractivity contribution is -0.116. The Morgan fingerprint density at radius 3 is 2.52 bits per heavy atom. The van der Waals surface area contributed by atoms with Gasteiger partial charge in [0.25, 0.3) is 0 Å². The zero-order chi connectivity index (χ0) is 15.1. The molecule has 0 bridgehead atoms. The number of ketones is 1. The van der Waals surface area contributed by atoms with Crippen LogP contribution in [0.15, 0.2) is 48.5 Å². The second-order valence-electron chi connectivity index (χ2n) is 4.95. The van der Waals surface area contributed by atoms with Crippen LogP contribution >= 0.6 is 0 Å². The number of carbonyl (C=O) groups excluding carboxylic acids is 1. The molecule has 0 fully saturated rings. The molecule has 0 amide bonds. The first-order chi connectivity index (χ1) is 10.2. The fourth-order valence-corrected chi connectivity index (χ4v) is 2.06. The number of ether oxygens (including phenoxy) is 2. The van der Waals surface area contributed by atoms with E-state index in [0.29, 0.717) is 19.4 Å². The van der Waals surface area contributed by atoms with Gasteiger partial charge in [-0.1, -0.05) is 30.3 Å². The SMILES string of the molecule is COc1ccc(OCc2ccccc2)c(CCC(C)=O)c1. The predicted octanol–water partition coefficient (Wildman–Crippen LogP) is 3.80. The van der Waals surface area contributed by atoms with E-state index in [1.54, 1.807) is 14.0 Å². The lowest BCUT2D eigenvalue weighted by Gasteiger charge is -2.13. The number of carbonyl (C=O) groups is 1. The van der Waals surface area contributed by atoms with Gasteiger partial charge in [-0.25, -0.2) is 0 Å². The molecule has 0 N–H and O–H groups in total. The first-order valence-corrected chi connectivity index (χ1v) is 7.02. The topological polar surface area (TPSA) is 35.5 Å². The highest BCUT2D eigenvalue weighted by atomic mass is 16.5. The second-order valence-corrected chi connectivity index (χ2v) is 4.95. The smallest absolute Gasteiger partial charge is 0.130 e. The van der Waals surface area contributed by atoms with Crippen molar-refractivity contribution in [3.63, 3.8) is 0 Å².